The number of nitrogens with zero attached hydrogens (tertiary/aromatic N) is 3. The van der Waals surface area contributed by atoms with Crippen molar-refractivity contribution in [2.75, 3.05) is 23.3 Å². The molecule has 1 fully saturated rings. The lowest BCUT2D eigenvalue weighted by atomic mass is 9.98. The van der Waals surface area contributed by atoms with Crippen LogP contribution in [0.5, 0.6) is 0 Å². The third kappa shape index (κ3) is 3.17. The van der Waals surface area contributed by atoms with Crippen LogP contribution in [0.2, 0.25) is 0 Å². The molecule has 0 bridgehead atoms. The van der Waals surface area contributed by atoms with Crippen LogP contribution in [0, 0.1) is 18.7 Å². The molecule has 6 heteroatoms. The van der Waals surface area contributed by atoms with E-state index < -0.39 is 0 Å². The minimum Gasteiger partial charge on any atom is -0.369 e. The first-order chi connectivity index (χ1) is 13.3. The van der Waals surface area contributed by atoms with Gasteiger partial charge in [-0.15, -0.1) is 0 Å². The molecule has 0 atom stereocenters. The van der Waals surface area contributed by atoms with E-state index in [2.05, 4.69) is 17.1 Å². The second kappa shape index (κ2) is 7.00. The van der Waals surface area contributed by atoms with Gasteiger partial charge in [0.25, 0.3) is 0 Å². The first kappa shape index (κ1) is 18.6. The summed E-state index contributed by atoms with van der Waals surface area (Å²) < 4.78 is 18.1. The zero-order chi connectivity index (χ0) is 20.0. The SMILES string of the molecule is Cc1cc(N2CCC(C)CC2)c(F)cc1Nc1ccc2c(c1)n(C)c(=O)n2C. The van der Waals surface area contributed by atoms with E-state index in [0.29, 0.717) is 11.6 Å². The molecule has 1 N–H and O–H groups in total. The molecule has 3 aromatic rings. The number of nitrogens with one attached hydrogen (secondary N) is 1. The summed E-state index contributed by atoms with van der Waals surface area (Å²) in [7, 11) is 3.52. The van der Waals surface area contributed by atoms with Crippen molar-refractivity contribution >= 4 is 28.1 Å². The number of imidazole rings is 1. The van der Waals surface area contributed by atoms with Gasteiger partial charge >= 0.3 is 5.69 Å². The number of anilines is 3. The maximum absolute atomic E-state index is 14.9. The predicted molar refractivity (Wildman–Crippen MR) is 113 cm³/mol. The summed E-state index contributed by atoms with van der Waals surface area (Å²) >= 11 is 0. The smallest absolute Gasteiger partial charge is 0.328 e. The predicted octanol–water partition coefficient (Wildman–Crippen LogP) is 4.30. The fourth-order valence-corrected chi connectivity index (χ4v) is 4.03. The molecular weight excluding hydrogens is 355 g/mol. The average molecular weight is 382 g/mol. The van der Waals surface area contributed by atoms with Crippen LogP contribution < -0.4 is 15.9 Å². The Hall–Kier alpha value is -2.76. The van der Waals surface area contributed by atoms with E-state index in [4.69, 9.17) is 0 Å². The molecule has 2 heterocycles. The third-order valence-electron chi connectivity index (χ3n) is 5.97. The van der Waals surface area contributed by atoms with Crippen LogP contribution in [0.15, 0.2) is 35.1 Å². The highest BCUT2D eigenvalue weighted by molar-refractivity contribution is 5.82. The third-order valence-corrected chi connectivity index (χ3v) is 5.97. The topological polar surface area (TPSA) is 42.2 Å². The molecule has 1 aromatic heterocycles. The molecule has 0 spiro atoms. The van der Waals surface area contributed by atoms with E-state index in [0.717, 1.165) is 53.9 Å². The quantitative estimate of drug-likeness (QED) is 0.734. The zero-order valence-electron chi connectivity index (χ0n) is 16.9. The Morgan fingerprint density at radius 2 is 1.71 bits per heavy atom. The number of aromatic nitrogens is 2. The van der Waals surface area contributed by atoms with Crippen molar-refractivity contribution in [1.29, 1.82) is 0 Å². The van der Waals surface area contributed by atoms with Gasteiger partial charge in [0.1, 0.15) is 5.82 Å². The molecule has 2 aromatic carbocycles. The minimum absolute atomic E-state index is 0.0606. The second-order valence-corrected chi connectivity index (χ2v) is 8.02. The molecule has 1 aliphatic rings. The molecule has 0 radical (unpaired) electrons. The Kier molecular flexibility index (Phi) is 4.65. The Morgan fingerprint density at radius 1 is 1.04 bits per heavy atom. The van der Waals surface area contributed by atoms with Gasteiger partial charge in [0.2, 0.25) is 0 Å². The van der Waals surface area contributed by atoms with Crippen LogP contribution in [0.25, 0.3) is 11.0 Å². The number of piperidine rings is 1. The summed E-state index contributed by atoms with van der Waals surface area (Å²) in [5.74, 6) is 0.515. The highest BCUT2D eigenvalue weighted by Gasteiger charge is 2.20. The molecule has 0 amide bonds. The monoisotopic (exact) mass is 382 g/mol. The van der Waals surface area contributed by atoms with E-state index >= 15 is 0 Å². The van der Waals surface area contributed by atoms with Gasteiger partial charge < -0.3 is 10.2 Å². The van der Waals surface area contributed by atoms with Crippen molar-refractivity contribution in [1.82, 2.24) is 9.13 Å². The van der Waals surface area contributed by atoms with E-state index in [1.807, 2.05) is 31.2 Å². The van der Waals surface area contributed by atoms with Crippen molar-refractivity contribution in [3.8, 4) is 0 Å². The largest absolute Gasteiger partial charge is 0.369 e. The van der Waals surface area contributed by atoms with Crippen LogP contribution >= 0.6 is 0 Å². The molecular formula is C22H27FN4O. The van der Waals surface area contributed by atoms with Crippen molar-refractivity contribution in [2.45, 2.75) is 26.7 Å². The summed E-state index contributed by atoms with van der Waals surface area (Å²) in [5, 5.41) is 3.32. The highest BCUT2D eigenvalue weighted by atomic mass is 19.1. The van der Waals surface area contributed by atoms with Crippen molar-refractivity contribution < 1.29 is 4.39 Å². The van der Waals surface area contributed by atoms with Gasteiger partial charge in [0.15, 0.2) is 0 Å². The minimum atomic E-state index is -0.198. The van der Waals surface area contributed by atoms with Gasteiger partial charge in [-0.25, -0.2) is 9.18 Å². The molecule has 1 aliphatic heterocycles. The lowest BCUT2D eigenvalue weighted by molar-refractivity contribution is 0.434. The summed E-state index contributed by atoms with van der Waals surface area (Å²) in [4.78, 5) is 14.3. The fourth-order valence-electron chi connectivity index (χ4n) is 4.03. The molecule has 0 aliphatic carbocycles. The number of halogens is 1. The Balaban J connectivity index is 1.63. The van der Waals surface area contributed by atoms with Crippen LogP contribution in [-0.4, -0.2) is 22.2 Å². The molecule has 4 rings (SSSR count). The molecule has 1 saturated heterocycles. The van der Waals surface area contributed by atoms with Gasteiger partial charge in [-0.1, -0.05) is 6.92 Å². The van der Waals surface area contributed by atoms with Crippen LogP contribution in [-0.2, 0) is 14.1 Å². The van der Waals surface area contributed by atoms with Gasteiger partial charge in [-0.3, -0.25) is 9.13 Å². The van der Waals surface area contributed by atoms with E-state index in [1.54, 1.807) is 29.3 Å². The molecule has 148 valence electrons. The molecule has 28 heavy (non-hydrogen) atoms. The second-order valence-electron chi connectivity index (χ2n) is 8.02. The number of benzene rings is 2. The number of hydrogen-bond donors (Lipinski definition) is 1. The van der Waals surface area contributed by atoms with Crippen molar-refractivity contribution in [2.24, 2.45) is 20.0 Å². The maximum Gasteiger partial charge on any atom is 0.328 e. The summed E-state index contributed by atoms with van der Waals surface area (Å²) in [6.07, 6.45) is 2.21. The lowest BCUT2D eigenvalue weighted by Gasteiger charge is -2.32. The van der Waals surface area contributed by atoms with Gasteiger partial charge in [0.05, 0.1) is 16.7 Å². The van der Waals surface area contributed by atoms with E-state index in [9.17, 15) is 9.18 Å². The van der Waals surface area contributed by atoms with E-state index in [-0.39, 0.29) is 11.5 Å². The average Bonchev–Trinajstić information content (AvgIpc) is 2.89. The van der Waals surface area contributed by atoms with Gasteiger partial charge in [-0.2, -0.15) is 0 Å². The van der Waals surface area contributed by atoms with Gasteiger partial charge in [0, 0.05) is 38.6 Å². The van der Waals surface area contributed by atoms with Crippen LogP contribution in [0.1, 0.15) is 25.3 Å². The summed E-state index contributed by atoms with van der Waals surface area (Å²) in [5.41, 5.74) is 4.91. The zero-order valence-corrected chi connectivity index (χ0v) is 16.9. The Labute approximate surface area is 164 Å². The number of hydrogen-bond acceptors (Lipinski definition) is 3. The Morgan fingerprint density at radius 3 is 2.43 bits per heavy atom. The summed E-state index contributed by atoms with van der Waals surface area (Å²) in [6.45, 7) is 6.06. The van der Waals surface area contributed by atoms with Crippen molar-refractivity contribution in [3.63, 3.8) is 0 Å². The van der Waals surface area contributed by atoms with E-state index in [1.165, 1.54) is 0 Å². The normalized spacial score (nSPS) is 15.4. The van der Waals surface area contributed by atoms with Gasteiger partial charge in [-0.05, 0) is 61.6 Å². The first-order valence-electron chi connectivity index (χ1n) is 9.82. The Bertz CT molecular complexity index is 1090. The molecule has 5 nitrogen and oxygen atoms in total. The van der Waals surface area contributed by atoms with Crippen LogP contribution in [0.3, 0.4) is 0 Å². The number of rotatable bonds is 3. The highest BCUT2D eigenvalue weighted by Crippen LogP contribution is 2.31. The number of aryl methyl sites for hydroxylation is 3. The lowest BCUT2D eigenvalue weighted by Crippen LogP contribution is -2.33. The maximum atomic E-state index is 14.9. The first-order valence-corrected chi connectivity index (χ1v) is 9.82. The standard InChI is InChI=1S/C22H27FN4O/c1-14-7-9-27(10-8-14)20-11-15(2)18(13-17(20)23)24-16-5-6-19-21(12-16)26(4)22(28)25(19)3/h5-6,11-14,24H,7-10H2,1-4H3. The molecule has 0 saturated carbocycles. The molecule has 0 unspecified atom stereocenters. The van der Waals surface area contributed by atoms with Crippen molar-refractivity contribution in [3.05, 3.63) is 52.2 Å². The van der Waals surface area contributed by atoms with Crippen LogP contribution in [0.4, 0.5) is 21.5 Å². The number of fused-ring (bicyclic) bond motifs is 1. The summed E-state index contributed by atoms with van der Waals surface area (Å²) in [6, 6.07) is 9.27. The fraction of sp³-hybridized carbons (Fsp3) is 0.409.